The molecule has 6 rings (SSSR count). The molecule has 212 valence electrons. The normalized spacial score (nSPS) is 18.6. The number of amides is 1. The van der Waals surface area contributed by atoms with E-state index in [9.17, 15) is 9.59 Å². The van der Waals surface area contributed by atoms with E-state index in [1.807, 2.05) is 32.6 Å². The van der Waals surface area contributed by atoms with Crippen LogP contribution in [0.1, 0.15) is 45.0 Å². The van der Waals surface area contributed by atoms with Crippen LogP contribution in [-0.2, 0) is 11.2 Å². The van der Waals surface area contributed by atoms with E-state index in [0.29, 0.717) is 47.7 Å². The van der Waals surface area contributed by atoms with Crippen LogP contribution in [0, 0.1) is 5.82 Å². The number of anilines is 1. The highest BCUT2D eigenvalue weighted by molar-refractivity contribution is 5.90. The summed E-state index contributed by atoms with van der Waals surface area (Å²) in [6.45, 7) is 12.4. The zero-order valence-electron chi connectivity index (χ0n) is 23.3. The molecule has 41 heavy (non-hydrogen) atoms. The molecule has 2 aliphatic heterocycles. The Morgan fingerprint density at radius 1 is 1.20 bits per heavy atom. The van der Waals surface area contributed by atoms with Gasteiger partial charge in [-0.2, -0.15) is 9.67 Å². The molecule has 0 unspecified atom stereocenters. The van der Waals surface area contributed by atoms with Crippen LogP contribution in [0.2, 0.25) is 0 Å². The van der Waals surface area contributed by atoms with Crippen molar-refractivity contribution in [3.8, 4) is 17.3 Å². The van der Waals surface area contributed by atoms with Gasteiger partial charge in [-0.1, -0.05) is 25.6 Å². The largest absolute Gasteiger partial charge is 0.491 e. The highest BCUT2D eigenvalue weighted by atomic mass is 19.1. The minimum absolute atomic E-state index is 0.0769. The van der Waals surface area contributed by atoms with E-state index in [-0.39, 0.29) is 47.8 Å². The first-order valence-corrected chi connectivity index (χ1v) is 13.5. The lowest BCUT2D eigenvalue weighted by Gasteiger charge is -2.44. The van der Waals surface area contributed by atoms with Crippen molar-refractivity contribution in [3.05, 3.63) is 64.9 Å². The fraction of sp³-hybridized carbons (Fsp3) is 0.393. The second-order valence-electron chi connectivity index (χ2n) is 10.7. The molecule has 4 aromatic rings. The Hall–Kier alpha value is -4.68. The highest BCUT2D eigenvalue weighted by Gasteiger charge is 2.34. The van der Waals surface area contributed by atoms with Crippen molar-refractivity contribution in [1.82, 2.24) is 39.4 Å². The number of piperazine rings is 1. The molecule has 1 fully saturated rings. The highest BCUT2D eigenvalue weighted by Crippen LogP contribution is 2.35. The van der Waals surface area contributed by atoms with E-state index >= 15 is 4.39 Å². The summed E-state index contributed by atoms with van der Waals surface area (Å²) >= 11 is 0. The maximum Gasteiger partial charge on any atom is 0.356 e. The Morgan fingerprint density at radius 3 is 2.76 bits per heavy atom. The summed E-state index contributed by atoms with van der Waals surface area (Å²) in [5.74, 6) is -0.274. The summed E-state index contributed by atoms with van der Waals surface area (Å²) in [6, 6.07) is 2.59. The molecular formula is C28H30FN9O3. The van der Waals surface area contributed by atoms with E-state index in [4.69, 9.17) is 4.74 Å². The number of carbonyl (C=O) groups is 1. The number of carbonyl (C=O) groups excluding carboxylic acids is 1. The Kier molecular flexibility index (Phi) is 6.51. The third-order valence-electron chi connectivity index (χ3n) is 7.56. The quantitative estimate of drug-likeness (QED) is 0.348. The number of nitrogens with zero attached hydrogens (tertiary/aromatic N) is 9. The number of fused-ring (bicyclic) bond motifs is 6. The zero-order valence-corrected chi connectivity index (χ0v) is 23.3. The molecule has 2 aliphatic rings. The van der Waals surface area contributed by atoms with E-state index < -0.39 is 11.5 Å². The molecule has 0 radical (unpaired) electrons. The number of hydrogen-bond acceptors (Lipinski definition) is 9. The first-order chi connectivity index (χ1) is 19.7. The average molecular weight is 560 g/mol. The third kappa shape index (κ3) is 4.41. The summed E-state index contributed by atoms with van der Waals surface area (Å²) in [5.41, 5.74) is 1.20. The van der Waals surface area contributed by atoms with Crippen molar-refractivity contribution in [2.75, 3.05) is 24.6 Å². The van der Waals surface area contributed by atoms with Gasteiger partial charge >= 0.3 is 5.69 Å². The van der Waals surface area contributed by atoms with Gasteiger partial charge in [0.1, 0.15) is 17.3 Å². The van der Waals surface area contributed by atoms with Gasteiger partial charge < -0.3 is 14.5 Å². The number of ether oxygens (including phenoxy) is 1. The van der Waals surface area contributed by atoms with Gasteiger partial charge in [0.05, 0.1) is 29.6 Å². The second-order valence-corrected chi connectivity index (χ2v) is 10.7. The number of rotatable bonds is 3. The van der Waals surface area contributed by atoms with Crippen molar-refractivity contribution < 1.29 is 13.9 Å². The maximum absolute atomic E-state index is 15.8. The molecule has 4 aromatic heterocycles. The predicted octanol–water partition coefficient (Wildman–Crippen LogP) is 2.57. The molecule has 1 saturated heterocycles. The molecule has 12 nitrogen and oxygen atoms in total. The molecule has 2 atom stereocenters. The molecule has 4 bridgehead atoms. The van der Waals surface area contributed by atoms with Crippen LogP contribution >= 0.6 is 0 Å². The molecule has 1 amide bonds. The van der Waals surface area contributed by atoms with Gasteiger partial charge in [0, 0.05) is 43.9 Å². The summed E-state index contributed by atoms with van der Waals surface area (Å²) in [4.78, 5) is 43.9. The molecule has 6 heterocycles. The van der Waals surface area contributed by atoms with Crippen molar-refractivity contribution in [3.63, 3.8) is 0 Å². The third-order valence-corrected chi connectivity index (χ3v) is 7.56. The van der Waals surface area contributed by atoms with Gasteiger partial charge in [-0.05, 0) is 31.9 Å². The Labute approximate surface area is 235 Å². The average Bonchev–Trinajstić information content (AvgIpc) is 3.41. The Balaban J connectivity index is 1.65. The Bertz CT molecular complexity index is 1750. The van der Waals surface area contributed by atoms with Crippen molar-refractivity contribution in [1.29, 1.82) is 0 Å². The Morgan fingerprint density at radius 2 is 2.00 bits per heavy atom. The van der Waals surface area contributed by atoms with Crippen LogP contribution in [0.5, 0.6) is 5.75 Å². The monoisotopic (exact) mass is 559 g/mol. The standard InChI is InChI=1S/C28H30FN9O3/c1-6-22(39)35-12-17(5)36(13-16(35)4)25-19-11-20(29)27-31-26(19)38(28(40)32-25)24-21(7-9-30-23(24)15(2)3)41-10-8-18-14-37(27)34-33-18/h6-7,9,11,14-17H,1,8,10,12-13H2,2-5H3/t16-,17+/m1/s1. The van der Waals surface area contributed by atoms with E-state index in [2.05, 4.69) is 31.8 Å². The van der Waals surface area contributed by atoms with Crippen molar-refractivity contribution in [2.24, 2.45) is 0 Å². The van der Waals surface area contributed by atoms with E-state index in [1.165, 1.54) is 21.4 Å². The van der Waals surface area contributed by atoms with Gasteiger partial charge in [-0.3, -0.25) is 9.78 Å². The summed E-state index contributed by atoms with van der Waals surface area (Å²) in [6.07, 6.45) is 4.94. The smallest absolute Gasteiger partial charge is 0.356 e. The van der Waals surface area contributed by atoms with Gasteiger partial charge in [0.25, 0.3) is 0 Å². The van der Waals surface area contributed by atoms with Gasteiger partial charge in [0.15, 0.2) is 17.3 Å². The number of aromatic nitrogens is 7. The lowest BCUT2D eigenvalue weighted by atomic mass is 10.1. The van der Waals surface area contributed by atoms with Gasteiger partial charge in [-0.15, -0.1) is 5.10 Å². The van der Waals surface area contributed by atoms with Gasteiger partial charge in [-0.25, -0.2) is 18.7 Å². The summed E-state index contributed by atoms with van der Waals surface area (Å²) in [7, 11) is 0. The van der Waals surface area contributed by atoms with Crippen LogP contribution in [0.3, 0.4) is 0 Å². The molecule has 0 saturated carbocycles. The lowest BCUT2D eigenvalue weighted by Crippen LogP contribution is -2.58. The molecule has 0 aromatic carbocycles. The number of halogens is 1. The summed E-state index contributed by atoms with van der Waals surface area (Å²) in [5, 5.41) is 8.55. The minimum atomic E-state index is -0.646. The molecule has 0 spiro atoms. The lowest BCUT2D eigenvalue weighted by molar-refractivity contribution is -0.128. The molecular weight excluding hydrogens is 529 g/mol. The van der Waals surface area contributed by atoms with Crippen LogP contribution in [0.25, 0.3) is 22.5 Å². The van der Waals surface area contributed by atoms with Gasteiger partial charge in [0.2, 0.25) is 5.91 Å². The minimum Gasteiger partial charge on any atom is -0.491 e. The van der Waals surface area contributed by atoms with Crippen molar-refractivity contribution in [2.45, 2.75) is 52.1 Å². The van der Waals surface area contributed by atoms with E-state index in [0.717, 1.165) is 0 Å². The van der Waals surface area contributed by atoms with Crippen molar-refractivity contribution >= 4 is 22.8 Å². The first-order valence-electron chi connectivity index (χ1n) is 13.5. The fourth-order valence-corrected chi connectivity index (χ4v) is 5.52. The maximum atomic E-state index is 15.8. The van der Waals surface area contributed by atoms with Crippen LogP contribution in [0.4, 0.5) is 10.2 Å². The SMILES string of the molecule is C=CC(=O)N1C[C@H](C)N(c2nc(=O)n3c4nc(c(F)cc24)-n2cc(nn2)CCOc2ccnc(C(C)C)c2-3)C[C@H]1C. The molecule has 0 aliphatic carbocycles. The predicted molar refractivity (Wildman–Crippen MR) is 149 cm³/mol. The van der Waals surface area contributed by atoms with E-state index in [1.54, 1.807) is 23.4 Å². The molecule has 13 heteroatoms. The topological polar surface area (TPSA) is 124 Å². The van der Waals surface area contributed by atoms with Crippen LogP contribution < -0.4 is 15.3 Å². The zero-order chi connectivity index (χ0) is 29.0. The number of hydrogen-bond donors (Lipinski definition) is 0. The number of pyridine rings is 2. The van der Waals surface area contributed by atoms with Crippen LogP contribution in [-0.4, -0.2) is 77.1 Å². The fourth-order valence-electron chi connectivity index (χ4n) is 5.52. The summed E-state index contributed by atoms with van der Waals surface area (Å²) < 4.78 is 24.6. The second kappa shape index (κ2) is 10.1. The molecule has 0 N–H and O–H groups in total. The van der Waals surface area contributed by atoms with Crippen LogP contribution in [0.15, 0.2) is 42.0 Å². The first kappa shape index (κ1) is 26.5.